The molecule has 23 valence electrons. The van der Waals surface area contributed by atoms with Crippen LogP contribution >= 0.6 is 0 Å². The Morgan fingerprint density at radius 2 is 1.50 bits per heavy atom. The summed E-state index contributed by atoms with van der Waals surface area (Å²) in [6.45, 7) is 0. The van der Waals surface area contributed by atoms with E-state index in [1.165, 1.54) is 15.7 Å². The Labute approximate surface area is 33.0 Å². The van der Waals surface area contributed by atoms with Crippen LogP contribution in [-0.4, -0.2) is 8.42 Å². The van der Waals surface area contributed by atoms with E-state index in [2.05, 4.69) is 0 Å². The molecule has 0 atom stereocenters. The number of hydrogen-bond donors (Lipinski definition) is 0. The van der Waals surface area contributed by atoms with Crippen molar-refractivity contribution in [2.75, 3.05) is 0 Å². The first-order chi connectivity index (χ1) is 1.73. The molecule has 0 aliphatic rings. The summed E-state index contributed by atoms with van der Waals surface area (Å²) in [5.74, 6) is 0. The van der Waals surface area contributed by atoms with E-state index in [9.17, 15) is 0 Å². The van der Waals surface area contributed by atoms with Gasteiger partial charge in [-0.25, -0.2) is 0 Å². The maximum absolute atomic E-state index is 8.97. The average molecular weight is 115 g/mol. The minimum atomic E-state index is -1.92. The van der Waals surface area contributed by atoms with E-state index in [1.807, 2.05) is 0 Å². The predicted molar refractivity (Wildman–Crippen MR) is 8.92 cm³/mol. The molecular weight excluding hydrogens is 115 g/mol. The average Bonchev–Trinajstić information content (AvgIpc) is 0.811. The van der Waals surface area contributed by atoms with Crippen LogP contribution in [0.25, 0.3) is 0 Å². The van der Waals surface area contributed by atoms with E-state index in [0.29, 0.717) is 0 Å². The zero-order valence-electron chi connectivity index (χ0n) is 1.67. The van der Waals surface area contributed by atoms with Gasteiger partial charge in [0.05, 0.1) is 0 Å². The van der Waals surface area contributed by atoms with Gasteiger partial charge in [0.2, 0.25) is 0 Å². The molecular formula is O2SV. The van der Waals surface area contributed by atoms with Crippen molar-refractivity contribution in [3.63, 3.8) is 0 Å². The van der Waals surface area contributed by atoms with Crippen molar-refractivity contribution in [1.29, 1.82) is 0 Å². The van der Waals surface area contributed by atoms with Crippen molar-refractivity contribution in [3.05, 3.63) is 0 Å². The second kappa shape index (κ2) is 1.70. The first-order valence-electron chi connectivity index (χ1n) is 0.516. The molecule has 0 fully saturated rings. The SMILES string of the molecule is O=[S](=O)=[V]. The molecule has 0 aliphatic carbocycles. The number of rotatable bonds is 0. The fraction of sp³-hybridized carbons (Fsp3) is 0. The monoisotopic (exact) mass is 115 g/mol. The summed E-state index contributed by atoms with van der Waals surface area (Å²) in [6, 6.07) is 0. The molecule has 4 heavy (non-hydrogen) atoms. The van der Waals surface area contributed by atoms with Crippen molar-refractivity contribution in [3.8, 4) is 0 Å². The quantitative estimate of drug-likeness (QED) is 0.419. The molecule has 0 saturated carbocycles. The van der Waals surface area contributed by atoms with Gasteiger partial charge < -0.3 is 0 Å². The standard InChI is InChI=1S/O2S.V/c1-3-2;. The van der Waals surface area contributed by atoms with Crippen molar-refractivity contribution < 1.29 is 24.1 Å². The predicted octanol–water partition coefficient (Wildman–Crippen LogP) is -0.673. The van der Waals surface area contributed by atoms with E-state index in [-0.39, 0.29) is 0 Å². The van der Waals surface area contributed by atoms with Gasteiger partial charge >= 0.3 is 32.5 Å². The van der Waals surface area contributed by atoms with Crippen LogP contribution in [0.5, 0.6) is 0 Å². The van der Waals surface area contributed by atoms with Gasteiger partial charge in [0.15, 0.2) is 0 Å². The zero-order chi connectivity index (χ0) is 3.58. The van der Waals surface area contributed by atoms with Crippen LogP contribution in [0.2, 0.25) is 0 Å². The van der Waals surface area contributed by atoms with Gasteiger partial charge in [0, 0.05) is 0 Å². The third-order valence-corrected chi connectivity index (χ3v) is 0. The van der Waals surface area contributed by atoms with Gasteiger partial charge in [-0.05, 0) is 0 Å². The van der Waals surface area contributed by atoms with Crippen LogP contribution < -0.4 is 0 Å². The molecule has 0 aromatic heterocycles. The van der Waals surface area contributed by atoms with E-state index >= 15 is 0 Å². The molecule has 0 saturated heterocycles. The van der Waals surface area contributed by atoms with E-state index < -0.39 is 8.36 Å². The van der Waals surface area contributed by atoms with Crippen molar-refractivity contribution in [2.24, 2.45) is 0 Å². The minimum absolute atomic E-state index is 1.45. The molecule has 0 aromatic rings. The molecule has 0 radical (unpaired) electrons. The molecule has 0 N–H and O–H groups in total. The molecule has 0 bridgehead atoms. The van der Waals surface area contributed by atoms with E-state index in [4.69, 9.17) is 8.42 Å². The number of hydrogen-bond acceptors (Lipinski definition) is 2. The Balaban J connectivity index is 4.65. The Bertz CT molecular complexity index is 75.4. The Morgan fingerprint density at radius 3 is 1.50 bits per heavy atom. The molecule has 0 unspecified atom stereocenters. The van der Waals surface area contributed by atoms with Gasteiger partial charge in [-0.3, -0.25) is 0 Å². The van der Waals surface area contributed by atoms with Crippen molar-refractivity contribution in [1.82, 2.24) is 0 Å². The van der Waals surface area contributed by atoms with Crippen molar-refractivity contribution >= 4 is 8.36 Å². The Kier molecular flexibility index (Phi) is 1.87. The molecule has 0 aliphatic heterocycles. The summed E-state index contributed by atoms with van der Waals surface area (Å²) in [7, 11) is -1.92. The molecule has 0 amide bonds. The van der Waals surface area contributed by atoms with Crippen LogP contribution in [0, 0.1) is 0 Å². The Hall–Kier alpha value is 0.404. The summed E-state index contributed by atoms with van der Waals surface area (Å²) in [5.41, 5.74) is 0. The van der Waals surface area contributed by atoms with Gasteiger partial charge in [-0.2, -0.15) is 0 Å². The van der Waals surface area contributed by atoms with Gasteiger partial charge in [0.25, 0.3) is 0 Å². The molecule has 0 aromatic carbocycles. The normalized spacial score (nSPS) is 5.75. The van der Waals surface area contributed by atoms with Gasteiger partial charge in [-0.15, -0.1) is 0 Å². The molecule has 0 spiro atoms. The first kappa shape index (κ1) is 4.40. The van der Waals surface area contributed by atoms with Crippen LogP contribution in [-0.2, 0) is 24.1 Å². The Morgan fingerprint density at radius 1 is 1.50 bits per heavy atom. The fourth-order valence-electron chi connectivity index (χ4n) is 0. The van der Waals surface area contributed by atoms with Crippen LogP contribution in [0.4, 0.5) is 0 Å². The fourth-order valence-corrected chi connectivity index (χ4v) is 0. The summed E-state index contributed by atoms with van der Waals surface area (Å²) in [6.07, 6.45) is 0. The second-order valence-electron chi connectivity index (χ2n) is 0.217. The summed E-state index contributed by atoms with van der Waals surface area (Å²) in [5, 5.41) is 0. The maximum atomic E-state index is 8.97. The summed E-state index contributed by atoms with van der Waals surface area (Å²) < 4.78 is 17.9. The van der Waals surface area contributed by atoms with E-state index in [1.54, 1.807) is 0 Å². The third kappa shape index (κ3) is 29.0. The first-order valence-corrected chi connectivity index (χ1v) is 3.26. The molecule has 4 heteroatoms. The van der Waals surface area contributed by atoms with Gasteiger partial charge in [-0.1, -0.05) is 0 Å². The van der Waals surface area contributed by atoms with Crippen LogP contribution in [0.3, 0.4) is 0 Å². The third-order valence-electron chi connectivity index (χ3n) is 0. The van der Waals surface area contributed by atoms with Crippen LogP contribution in [0.1, 0.15) is 0 Å². The summed E-state index contributed by atoms with van der Waals surface area (Å²) in [4.78, 5) is 0. The second-order valence-corrected chi connectivity index (χ2v) is 2.05. The molecule has 0 rings (SSSR count). The zero-order valence-corrected chi connectivity index (χ0v) is 3.89. The molecule has 2 nitrogen and oxygen atoms in total. The summed E-state index contributed by atoms with van der Waals surface area (Å²) >= 11 is 1.45. The van der Waals surface area contributed by atoms with Crippen molar-refractivity contribution in [2.45, 2.75) is 0 Å². The van der Waals surface area contributed by atoms with E-state index in [0.717, 1.165) is 0 Å². The molecule has 0 heterocycles. The topological polar surface area (TPSA) is 34.1 Å². The van der Waals surface area contributed by atoms with Crippen LogP contribution in [0.15, 0.2) is 0 Å². The van der Waals surface area contributed by atoms with Gasteiger partial charge in [0.1, 0.15) is 0 Å².